The SMILES string of the molecule is CN(CC(=O)O)C1CCN(Cc2ccc([N+](=O)[O-])cc2)CC1.Cl. The van der Waals surface area contributed by atoms with Crippen LogP contribution in [0, 0.1) is 10.1 Å². The van der Waals surface area contributed by atoms with Crippen LogP contribution in [0.25, 0.3) is 0 Å². The van der Waals surface area contributed by atoms with Crippen molar-refractivity contribution in [3.8, 4) is 0 Å². The number of likely N-dealkylation sites (N-methyl/N-ethyl adjacent to an activating group) is 1. The number of non-ortho nitro benzene ring substituents is 1. The summed E-state index contributed by atoms with van der Waals surface area (Å²) in [6.07, 6.45) is 1.88. The van der Waals surface area contributed by atoms with Gasteiger partial charge in [-0.1, -0.05) is 12.1 Å². The molecule has 0 unspecified atom stereocenters. The van der Waals surface area contributed by atoms with Crippen LogP contribution in [0.5, 0.6) is 0 Å². The van der Waals surface area contributed by atoms with E-state index in [9.17, 15) is 14.9 Å². The Bertz CT molecular complexity index is 530. The minimum atomic E-state index is -0.796. The lowest BCUT2D eigenvalue weighted by atomic mass is 10.0. The lowest BCUT2D eigenvalue weighted by Crippen LogP contribution is -2.44. The van der Waals surface area contributed by atoms with E-state index in [1.165, 1.54) is 12.1 Å². The highest BCUT2D eigenvalue weighted by Crippen LogP contribution is 2.19. The van der Waals surface area contributed by atoms with Crippen LogP contribution < -0.4 is 0 Å². The number of halogens is 1. The van der Waals surface area contributed by atoms with Gasteiger partial charge >= 0.3 is 5.97 Å². The summed E-state index contributed by atoms with van der Waals surface area (Å²) in [7, 11) is 1.85. The smallest absolute Gasteiger partial charge is 0.317 e. The van der Waals surface area contributed by atoms with Crippen LogP contribution in [0.15, 0.2) is 24.3 Å². The molecule has 0 radical (unpaired) electrons. The number of carboxylic acids is 1. The van der Waals surface area contributed by atoms with Gasteiger partial charge in [0.05, 0.1) is 11.5 Å². The molecule has 0 bridgehead atoms. The Balaban J connectivity index is 0.00000264. The minimum absolute atomic E-state index is 0. The molecule has 128 valence electrons. The van der Waals surface area contributed by atoms with Crippen molar-refractivity contribution in [3.05, 3.63) is 39.9 Å². The molecule has 1 aromatic carbocycles. The van der Waals surface area contributed by atoms with Crippen molar-refractivity contribution < 1.29 is 14.8 Å². The average Bonchev–Trinajstić information content (AvgIpc) is 2.48. The highest BCUT2D eigenvalue weighted by Gasteiger charge is 2.23. The second-order valence-electron chi connectivity index (χ2n) is 5.74. The minimum Gasteiger partial charge on any atom is -0.480 e. The zero-order chi connectivity index (χ0) is 16.1. The molecule has 1 aliphatic heterocycles. The molecule has 0 aliphatic carbocycles. The number of benzene rings is 1. The summed E-state index contributed by atoms with van der Waals surface area (Å²) in [6, 6.07) is 6.96. The first-order valence-corrected chi connectivity index (χ1v) is 7.33. The van der Waals surface area contributed by atoms with Gasteiger partial charge in [0.25, 0.3) is 5.69 Å². The molecule has 0 spiro atoms. The molecule has 1 heterocycles. The second kappa shape index (κ2) is 8.81. The molecule has 1 aliphatic rings. The van der Waals surface area contributed by atoms with Crippen LogP contribution >= 0.6 is 12.4 Å². The molecule has 0 aromatic heterocycles. The Morgan fingerprint density at radius 3 is 2.39 bits per heavy atom. The molecule has 1 fully saturated rings. The van der Waals surface area contributed by atoms with E-state index in [1.54, 1.807) is 12.1 Å². The van der Waals surface area contributed by atoms with Crippen LogP contribution in [0.3, 0.4) is 0 Å². The predicted molar refractivity (Wildman–Crippen MR) is 88.9 cm³/mol. The quantitative estimate of drug-likeness (QED) is 0.628. The summed E-state index contributed by atoms with van der Waals surface area (Å²) in [5.41, 5.74) is 1.17. The third kappa shape index (κ3) is 5.78. The maximum absolute atomic E-state index is 10.7. The number of likely N-dealkylation sites (tertiary alicyclic amines) is 1. The maximum Gasteiger partial charge on any atom is 0.317 e. The zero-order valence-electron chi connectivity index (χ0n) is 13.1. The van der Waals surface area contributed by atoms with Crippen molar-refractivity contribution in [1.29, 1.82) is 0 Å². The monoisotopic (exact) mass is 343 g/mol. The van der Waals surface area contributed by atoms with Crippen molar-refractivity contribution in [1.82, 2.24) is 9.80 Å². The fraction of sp³-hybridized carbons (Fsp3) is 0.533. The Hall–Kier alpha value is -1.70. The number of aliphatic carboxylic acids is 1. The van der Waals surface area contributed by atoms with Gasteiger partial charge in [-0.05, 0) is 38.5 Å². The summed E-state index contributed by atoms with van der Waals surface area (Å²) >= 11 is 0. The zero-order valence-corrected chi connectivity index (χ0v) is 13.9. The van der Waals surface area contributed by atoms with Crippen molar-refractivity contribution in [2.75, 3.05) is 26.7 Å². The van der Waals surface area contributed by atoms with Crippen LogP contribution in [-0.2, 0) is 11.3 Å². The summed E-state index contributed by atoms with van der Waals surface area (Å²) in [6.45, 7) is 2.66. The third-order valence-corrected chi connectivity index (χ3v) is 4.12. The van der Waals surface area contributed by atoms with Crippen molar-refractivity contribution in [3.63, 3.8) is 0 Å². The lowest BCUT2D eigenvalue weighted by Gasteiger charge is -2.36. The number of nitro groups is 1. The van der Waals surface area contributed by atoms with Gasteiger partial charge in [-0.3, -0.25) is 24.7 Å². The number of carboxylic acid groups (broad SMARTS) is 1. The molecule has 1 N–H and O–H groups in total. The first-order valence-electron chi connectivity index (χ1n) is 7.33. The largest absolute Gasteiger partial charge is 0.480 e. The van der Waals surface area contributed by atoms with Crippen LogP contribution in [0.2, 0.25) is 0 Å². The Morgan fingerprint density at radius 1 is 1.35 bits per heavy atom. The van der Waals surface area contributed by atoms with Gasteiger partial charge in [0, 0.05) is 24.7 Å². The second-order valence-corrected chi connectivity index (χ2v) is 5.74. The van der Waals surface area contributed by atoms with Crippen LogP contribution in [0.4, 0.5) is 5.69 Å². The number of hydrogen-bond acceptors (Lipinski definition) is 5. The molecule has 0 atom stereocenters. The van der Waals surface area contributed by atoms with E-state index in [2.05, 4.69) is 4.90 Å². The van der Waals surface area contributed by atoms with Gasteiger partial charge in [0.15, 0.2) is 0 Å². The van der Waals surface area contributed by atoms with Gasteiger partial charge in [-0.15, -0.1) is 12.4 Å². The Labute approximate surface area is 141 Å². The normalized spacial score (nSPS) is 16.1. The molecular weight excluding hydrogens is 322 g/mol. The lowest BCUT2D eigenvalue weighted by molar-refractivity contribution is -0.384. The van der Waals surface area contributed by atoms with E-state index in [4.69, 9.17) is 5.11 Å². The van der Waals surface area contributed by atoms with Gasteiger partial charge in [0.1, 0.15) is 0 Å². The highest BCUT2D eigenvalue weighted by atomic mass is 35.5. The number of carbonyl (C=O) groups is 1. The van der Waals surface area contributed by atoms with Gasteiger partial charge in [0.2, 0.25) is 0 Å². The fourth-order valence-electron chi connectivity index (χ4n) is 2.84. The fourth-order valence-corrected chi connectivity index (χ4v) is 2.84. The van der Waals surface area contributed by atoms with Crippen LogP contribution in [-0.4, -0.2) is 58.5 Å². The molecule has 0 amide bonds. The first-order chi connectivity index (χ1) is 10.5. The van der Waals surface area contributed by atoms with Crippen molar-refractivity contribution >= 4 is 24.1 Å². The number of piperidine rings is 1. The molecule has 0 saturated carbocycles. The standard InChI is InChI=1S/C15H21N3O4.ClH/c1-16(11-15(19)20)13-6-8-17(9-7-13)10-12-2-4-14(5-3-12)18(21)22;/h2-5,13H,6-11H2,1H3,(H,19,20);1H. The maximum atomic E-state index is 10.7. The summed E-state index contributed by atoms with van der Waals surface area (Å²) in [5, 5.41) is 19.5. The molecule has 2 rings (SSSR count). The van der Waals surface area contributed by atoms with E-state index in [1.807, 2.05) is 11.9 Å². The number of nitrogens with zero attached hydrogens (tertiary/aromatic N) is 3. The first kappa shape index (κ1) is 19.3. The molecule has 7 nitrogen and oxygen atoms in total. The Kier molecular flexibility index (Phi) is 7.41. The van der Waals surface area contributed by atoms with E-state index >= 15 is 0 Å². The highest BCUT2D eigenvalue weighted by molar-refractivity contribution is 5.85. The molecule has 1 aromatic rings. The molecule has 8 heteroatoms. The third-order valence-electron chi connectivity index (χ3n) is 4.12. The van der Waals surface area contributed by atoms with Crippen molar-refractivity contribution in [2.24, 2.45) is 0 Å². The summed E-state index contributed by atoms with van der Waals surface area (Å²) in [4.78, 5) is 25.2. The number of rotatable bonds is 6. The predicted octanol–water partition coefficient (Wildman–Crippen LogP) is 2.00. The Morgan fingerprint density at radius 2 is 1.91 bits per heavy atom. The van der Waals surface area contributed by atoms with Gasteiger partial charge < -0.3 is 5.11 Å². The average molecular weight is 344 g/mol. The van der Waals surface area contributed by atoms with E-state index in [-0.39, 0.29) is 24.6 Å². The van der Waals surface area contributed by atoms with E-state index < -0.39 is 10.9 Å². The van der Waals surface area contributed by atoms with E-state index in [0.29, 0.717) is 6.04 Å². The van der Waals surface area contributed by atoms with Crippen LogP contribution in [0.1, 0.15) is 18.4 Å². The molecular formula is C15H22ClN3O4. The van der Waals surface area contributed by atoms with E-state index in [0.717, 1.165) is 38.0 Å². The number of hydrogen-bond donors (Lipinski definition) is 1. The molecule has 23 heavy (non-hydrogen) atoms. The molecule has 1 saturated heterocycles. The summed E-state index contributed by atoms with van der Waals surface area (Å²) in [5.74, 6) is -0.796. The number of nitro benzene ring substituents is 1. The topological polar surface area (TPSA) is 86.9 Å². The van der Waals surface area contributed by atoms with Gasteiger partial charge in [-0.25, -0.2) is 0 Å². The summed E-state index contributed by atoms with van der Waals surface area (Å²) < 4.78 is 0. The van der Waals surface area contributed by atoms with Gasteiger partial charge in [-0.2, -0.15) is 0 Å². The van der Waals surface area contributed by atoms with Crippen molar-refractivity contribution in [2.45, 2.75) is 25.4 Å².